The van der Waals surface area contributed by atoms with Gasteiger partial charge in [-0.15, -0.1) is 0 Å². The average Bonchev–Trinajstić information content (AvgIpc) is 2.95. The third kappa shape index (κ3) is 4.35. The molecule has 3 rings (SSSR count). The van der Waals surface area contributed by atoms with E-state index >= 15 is 0 Å². The van der Waals surface area contributed by atoms with Crippen LogP contribution < -0.4 is 10.1 Å². The summed E-state index contributed by atoms with van der Waals surface area (Å²) in [5.74, 6) is -0.658. The van der Waals surface area contributed by atoms with E-state index in [0.29, 0.717) is 34.9 Å². The number of methoxy groups -OCH3 is 1. The number of nitrogens with one attached hydrogen (secondary N) is 1. The van der Waals surface area contributed by atoms with E-state index < -0.39 is 11.8 Å². The minimum absolute atomic E-state index is 0.163. The van der Waals surface area contributed by atoms with Gasteiger partial charge in [0, 0.05) is 46.2 Å². The third-order valence-electron chi connectivity index (χ3n) is 5.31. The summed E-state index contributed by atoms with van der Waals surface area (Å²) in [6.07, 6.45) is 0. The summed E-state index contributed by atoms with van der Waals surface area (Å²) < 4.78 is 21.4. The van der Waals surface area contributed by atoms with Crippen LogP contribution in [0.4, 0.5) is 4.39 Å². The molecule has 0 unspecified atom stereocenters. The van der Waals surface area contributed by atoms with E-state index in [1.807, 2.05) is 31.2 Å². The number of benzene rings is 2. The number of hydrogen-bond donors (Lipinski definition) is 2. The Balaban J connectivity index is 1.89. The highest BCUT2D eigenvalue weighted by atomic mass is 35.5. The van der Waals surface area contributed by atoms with Crippen LogP contribution in [-0.2, 0) is 19.6 Å². The molecule has 0 aliphatic carbocycles. The summed E-state index contributed by atoms with van der Waals surface area (Å²) in [6.45, 7) is 4.61. The molecule has 0 aliphatic heterocycles. The van der Waals surface area contributed by atoms with Crippen molar-refractivity contribution in [2.75, 3.05) is 7.11 Å². The lowest BCUT2D eigenvalue weighted by Crippen LogP contribution is -2.16. The maximum absolute atomic E-state index is 14.3. The Bertz CT molecular complexity index is 1060. The zero-order valence-corrected chi connectivity index (χ0v) is 17.9. The fourth-order valence-electron chi connectivity index (χ4n) is 3.70. The van der Waals surface area contributed by atoms with Gasteiger partial charge < -0.3 is 19.7 Å². The molecular formula is C23H24ClFN2O3. The van der Waals surface area contributed by atoms with Crippen molar-refractivity contribution in [1.29, 1.82) is 0 Å². The second-order valence-electron chi connectivity index (χ2n) is 7.03. The number of halogens is 2. The number of ether oxygens (including phenoxy) is 1. The zero-order valence-electron chi connectivity index (χ0n) is 17.1. The summed E-state index contributed by atoms with van der Waals surface area (Å²) >= 11 is 6.18. The van der Waals surface area contributed by atoms with Crippen molar-refractivity contribution >= 4 is 17.6 Å². The quantitative estimate of drug-likeness (QED) is 0.531. The van der Waals surface area contributed by atoms with E-state index in [-0.39, 0.29) is 12.1 Å². The first kappa shape index (κ1) is 21.9. The lowest BCUT2D eigenvalue weighted by Gasteiger charge is -2.13. The molecule has 7 heteroatoms. The minimum atomic E-state index is -1.01. The first-order valence-corrected chi connectivity index (χ1v) is 9.90. The fourth-order valence-corrected chi connectivity index (χ4v) is 3.92. The molecule has 5 nitrogen and oxygen atoms in total. The Morgan fingerprint density at radius 1 is 1.10 bits per heavy atom. The van der Waals surface area contributed by atoms with Crippen LogP contribution in [0.1, 0.15) is 38.4 Å². The monoisotopic (exact) mass is 430 g/mol. The Morgan fingerprint density at radius 3 is 2.50 bits per heavy atom. The molecule has 0 bridgehead atoms. The van der Waals surface area contributed by atoms with Crippen molar-refractivity contribution in [3.8, 4) is 5.75 Å². The van der Waals surface area contributed by atoms with Gasteiger partial charge in [0.1, 0.15) is 11.6 Å². The van der Waals surface area contributed by atoms with Crippen LogP contribution in [-0.4, -0.2) is 22.8 Å². The Morgan fingerprint density at radius 2 is 1.83 bits per heavy atom. The van der Waals surface area contributed by atoms with Crippen molar-refractivity contribution in [2.24, 2.45) is 0 Å². The molecule has 0 saturated heterocycles. The first-order valence-electron chi connectivity index (χ1n) is 9.52. The van der Waals surface area contributed by atoms with Gasteiger partial charge in [-0.1, -0.05) is 35.9 Å². The maximum Gasteiger partial charge on any atom is 0.337 e. The van der Waals surface area contributed by atoms with Crippen LogP contribution in [0, 0.1) is 19.7 Å². The van der Waals surface area contributed by atoms with Gasteiger partial charge >= 0.3 is 5.97 Å². The van der Waals surface area contributed by atoms with Gasteiger partial charge in [0.25, 0.3) is 0 Å². The van der Waals surface area contributed by atoms with Crippen molar-refractivity contribution in [2.45, 2.75) is 33.5 Å². The fraction of sp³-hybridized carbons (Fsp3) is 0.261. The highest BCUT2D eigenvalue weighted by Gasteiger charge is 2.23. The number of aromatic nitrogens is 1. The predicted octanol–water partition coefficient (Wildman–Crippen LogP) is 4.94. The van der Waals surface area contributed by atoms with E-state index in [4.69, 9.17) is 16.3 Å². The summed E-state index contributed by atoms with van der Waals surface area (Å²) in [7, 11) is 1.61. The normalized spacial score (nSPS) is 11.0. The van der Waals surface area contributed by atoms with Crippen LogP contribution in [0.15, 0.2) is 42.5 Å². The molecule has 2 aromatic carbocycles. The van der Waals surface area contributed by atoms with Gasteiger partial charge in [-0.3, -0.25) is 0 Å². The molecule has 0 amide bonds. The summed E-state index contributed by atoms with van der Waals surface area (Å²) in [5.41, 5.74) is 3.54. The molecule has 0 radical (unpaired) electrons. The molecule has 1 aromatic heterocycles. The van der Waals surface area contributed by atoms with Crippen LogP contribution in [0.2, 0.25) is 5.02 Å². The van der Waals surface area contributed by atoms with Crippen LogP contribution in [0.25, 0.3) is 0 Å². The van der Waals surface area contributed by atoms with Crippen LogP contribution >= 0.6 is 11.6 Å². The first-order chi connectivity index (χ1) is 14.3. The van der Waals surface area contributed by atoms with E-state index in [9.17, 15) is 14.3 Å². The molecule has 0 atom stereocenters. The van der Waals surface area contributed by atoms with E-state index in [1.54, 1.807) is 30.7 Å². The molecule has 3 aromatic rings. The highest BCUT2D eigenvalue weighted by molar-refractivity contribution is 6.31. The van der Waals surface area contributed by atoms with Crippen LogP contribution in [0.5, 0.6) is 5.75 Å². The summed E-state index contributed by atoms with van der Waals surface area (Å²) in [4.78, 5) is 12.0. The van der Waals surface area contributed by atoms with Gasteiger partial charge in [-0.2, -0.15) is 0 Å². The van der Waals surface area contributed by atoms with E-state index in [0.717, 1.165) is 17.0 Å². The van der Waals surface area contributed by atoms with Crippen molar-refractivity contribution in [3.05, 3.63) is 86.9 Å². The SMILES string of the molecule is COc1ccccc1CNCc1c(C(=O)O)c(C)n(Cc2c(F)cccc2Cl)c1C. The number of aromatic carboxylic acids is 1. The largest absolute Gasteiger partial charge is 0.496 e. The van der Waals surface area contributed by atoms with Gasteiger partial charge in [0.15, 0.2) is 0 Å². The molecule has 0 saturated carbocycles. The number of nitrogens with zero attached hydrogens (tertiary/aromatic N) is 1. The molecule has 0 fully saturated rings. The molecule has 30 heavy (non-hydrogen) atoms. The average molecular weight is 431 g/mol. The van der Waals surface area contributed by atoms with Gasteiger partial charge in [0.2, 0.25) is 0 Å². The Kier molecular flexibility index (Phi) is 6.80. The van der Waals surface area contributed by atoms with Gasteiger partial charge in [-0.05, 0) is 32.0 Å². The predicted molar refractivity (Wildman–Crippen MR) is 115 cm³/mol. The lowest BCUT2D eigenvalue weighted by molar-refractivity contribution is 0.0694. The molecule has 1 heterocycles. The number of carboxylic acid groups (broad SMARTS) is 1. The number of para-hydroxylation sites is 1. The second kappa shape index (κ2) is 9.32. The molecule has 0 spiro atoms. The van der Waals surface area contributed by atoms with E-state index in [2.05, 4.69) is 5.32 Å². The number of rotatable bonds is 8. The van der Waals surface area contributed by atoms with Gasteiger partial charge in [-0.25, -0.2) is 9.18 Å². The van der Waals surface area contributed by atoms with Crippen molar-refractivity contribution in [3.63, 3.8) is 0 Å². The number of carbonyl (C=O) groups is 1. The summed E-state index contributed by atoms with van der Waals surface area (Å²) in [5, 5.41) is 13.4. The smallest absolute Gasteiger partial charge is 0.337 e. The minimum Gasteiger partial charge on any atom is -0.496 e. The third-order valence-corrected chi connectivity index (χ3v) is 5.67. The maximum atomic E-state index is 14.3. The second-order valence-corrected chi connectivity index (χ2v) is 7.44. The number of hydrogen-bond acceptors (Lipinski definition) is 3. The van der Waals surface area contributed by atoms with E-state index in [1.165, 1.54) is 6.07 Å². The van der Waals surface area contributed by atoms with Crippen LogP contribution in [0.3, 0.4) is 0 Å². The molecule has 158 valence electrons. The van der Waals surface area contributed by atoms with Gasteiger partial charge in [0.05, 0.1) is 19.2 Å². The zero-order chi connectivity index (χ0) is 21.8. The Hall–Kier alpha value is -2.83. The molecule has 0 aliphatic rings. The topological polar surface area (TPSA) is 63.5 Å². The highest BCUT2D eigenvalue weighted by Crippen LogP contribution is 2.27. The molecular weight excluding hydrogens is 407 g/mol. The van der Waals surface area contributed by atoms with Crippen molar-refractivity contribution in [1.82, 2.24) is 9.88 Å². The molecule has 2 N–H and O–H groups in total. The standard InChI is InChI=1S/C23H24ClFN2O3/c1-14-17(12-26-11-16-7-4-5-10-21(16)30-3)22(23(28)29)15(2)27(14)13-18-19(24)8-6-9-20(18)25/h4-10,26H,11-13H2,1-3H3,(H,28,29). The Labute approximate surface area is 180 Å². The summed E-state index contributed by atoms with van der Waals surface area (Å²) in [6, 6.07) is 12.2. The number of carboxylic acids is 1. The lowest BCUT2D eigenvalue weighted by atomic mass is 10.1. The van der Waals surface area contributed by atoms with Crippen molar-refractivity contribution < 1.29 is 19.0 Å².